The molecule has 0 saturated carbocycles. The fourth-order valence-corrected chi connectivity index (χ4v) is 3.06. The Morgan fingerprint density at radius 1 is 1.11 bits per heavy atom. The van der Waals surface area contributed by atoms with Crippen molar-refractivity contribution in [1.82, 2.24) is 15.1 Å². The molecule has 0 fully saturated rings. The Balaban J connectivity index is 1.95. The lowest BCUT2D eigenvalue weighted by atomic mass is 10.0. The SMILES string of the molecule is Cc1ccc(Cn2nc(C(=O)NC(C(N)=O)C(C)C)c3ccccc32)cc1. The Labute approximate surface area is 158 Å². The highest BCUT2D eigenvalue weighted by Gasteiger charge is 2.25. The molecule has 0 spiro atoms. The van der Waals surface area contributed by atoms with Crippen LogP contribution in [-0.4, -0.2) is 27.6 Å². The van der Waals surface area contributed by atoms with E-state index in [1.165, 1.54) is 5.56 Å². The topological polar surface area (TPSA) is 90.0 Å². The number of amides is 2. The van der Waals surface area contributed by atoms with Crippen LogP contribution in [0.1, 0.15) is 35.5 Å². The fourth-order valence-electron chi connectivity index (χ4n) is 3.06. The van der Waals surface area contributed by atoms with E-state index in [4.69, 9.17) is 5.73 Å². The number of nitrogens with two attached hydrogens (primary N) is 1. The van der Waals surface area contributed by atoms with Crippen LogP contribution in [0.3, 0.4) is 0 Å². The third-order valence-corrected chi connectivity index (χ3v) is 4.59. The minimum absolute atomic E-state index is 0.104. The van der Waals surface area contributed by atoms with E-state index in [1.807, 2.05) is 61.9 Å². The van der Waals surface area contributed by atoms with Gasteiger partial charge in [0.2, 0.25) is 5.91 Å². The van der Waals surface area contributed by atoms with Gasteiger partial charge in [-0.3, -0.25) is 14.3 Å². The third-order valence-electron chi connectivity index (χ3n) is 4.59. The summed E-state index contributed by atoms with van der Waals surface area (Å²) in [6.45, 7) is 6.27. The monoisotopic (exact) mass is 364 g/mol. The number of para-hydroxylation sites is 1. The molecule has 1 heterocycles. The van der Waals surface area contributed by atoms with Gasteiger partial charge < -0.3 is 11.1 Å². The summed E-state index contributed by atoms with van der Waals surface area (Å²) < 4.78 is 1.81. The molecule has 0 aliphatic heterocycles. The summed E-state index contributed by atoms with van der Waals surface area (Å²) in [6.07, 6.45) is 0. The van der Waals surface area contributed by atoms with E-state index < -0.39 is 17.9 Å². The van der Waals surface area contributed by atoms with E-state index in [9.17, 15) is 9.59 Å². The van der Waals surface area contributed by atoms with Crippen LogP contribution in [0.25, 0.3) is 10.9 Å². The first-order valence-electron chi connectivity index (χ1n) is 8.98. The molecule has 3 aromatic rings. The summed E-state index contributed by atoms with van der Waals surface area (Å²) in [7, 11) is 0. The smallest absolute Gasteiger partial charge is 0.273 e. The molecule has 1 unspecified atom stereocenters. The van der Waals surface area contributed by atoms with Crippen molar-refractivity contribution in [2.24, 2.45) is 11.7 Å². The number of hydrogen-bond donors (Lipinski definition) is 2. The van der Waals surface area contributed by atoms with E-state index >= 15 is 0 Å². The van der Waals surface area contributed by atoms with E-state index in [-0.39, 0.29) is 5.92 Å². The first kappa shape index (κ1) is 18.6. The third kappa shape index (κ3) is 4.00. The Morgan fingerprint density at radius 3 is 2.41 bits per heavy atom. The van der Waals surface area contributed by atoms with Crippen molar-refractivity contribution in [3.8, 4) is 0 Å². The van der Waals surface area contributed by atoms with Gasteiger partial charge >= 0.3 is 0 Å². The molecule has 0 aliphatic carbocycles. The van der Waals surface area contributed by atoms with Crippen LogP contribution in [0.4, 0.5) is 0 Å². The highest BCUT2D eigenvalue weighted by Crippen LogP contribution is 2.20. The Morgan fingerprint density at radius 2 is 1.78 bits per heavy atom. The van der Waals surface area contributed by atoms with Crippen LogP contribution in [0.15, 0.2) is 48.5 Å². The second-order valence-electron chi connectivity index (χ2n) is 7.11. The molecule has 2 aromatic carbocycles. The number of fused-ring (bicyclic) bond motifs is 1. The van der Waals surface area contributed by atoms with Gasteiger partial charge in [-0.05, 0) is 24.5 Å². The average molecular weight is 364 g/mol. The number of rotatable bonds is 6. The van der Waals surface area contributed by atoms with E-state index in [2.05, 4.69) is 22.5 Å². The number of nitrogens with one attached hydrogen (secondary N) is 1. The molecule has 1 aromatic heterocycles. The van der Waals surface area contributed by atoms with Crippen molar-refractivity contribution < 1.29 is 9.59 Å². The zero-order chi connectivity index (χ0) is 19.6. The minimum atomic E-state index is -0.737. The van der Waals surface area contributed by atoms with Crippen LogP contribution < -0.4 is 11.1 Å². The van der Waals surface area contributed by atoms with Gasteiger partial charge in [0.25, 0.3) is 5.91 Å². The lowest BCUT2D eigenvalue weighted by Crippen LogP contribution is -2.47. The Hall–Kier alpha value is -3.15. The van der Waals surface area contributed by atoms with Crippen molar-refractivity contribution >= 4 is 22.7 Å². The quantitative estimate of drug-likeness (QED) is 0.704. The molecule has 6 heteroatoms. The summed E-state index contributed by atoms with van der Waals surface area (Å²) in [4.78, 5) is 24.4. The molecule has 3 N–H and O–H groups in total. The van der Waals surface area contributed by atoms with Crippen LogP contribution in [0.5, 0.6) is 0 Å². The maximum Gasteiger partial charge on any atom is 0.273 e. The molecule has 6 nitrogen and oxygen atoms in total. The van der Waals surface area contributed by atoms with Crippen molar-refractivity contribution in [3.63, 3.8) is 0 Å². The van der Waals surface area contributed by atoms with Gasteiger partial charge in [-0.2, -0.15) is 5.10 Å². The van der Waals surface area contributed by atoms with Gasteiger partial charge in [0, 0.05) is 5.39 Å². The van der Waals surface area contributed by atoms with Gasteiger partial charge in [-0.15, -0.1) is 0 Å². The highest BCUT2D eigenvalue weighted by molar-refractivity contribution is 6.06. The summed E-state index contributed by atoms with van der Waals surface area (Å²) in [5, 5.41) is 8.00. The first-order chi connectivity index (χ1) is 12.9. The molecule has 1 atom stereocenters. The maximum atomic E-state index is 12.8. The number of carbonyl (C=O) groups is 2. The lowest BCUT2D eigenvalue weighted by Gasteiger charge is -2.18. The van der Waals surface area contributed by atoms with Gasteiger partial charge in [0.15, 0.2) is 5.69 Å². The number of hydrogen-bond acceptors (Lipinski definition) is 3. The molecule has 0 aliphatic rings. The van der Waals surface area contributed by atoms with Crippen LogP contribution in [-0.2, 0) is 11.3 Å². The van der Waals surface area contributed by atoms with Gasteiger partial charge in [0.05, 0.1) is 12.1 Å². The second kappa shape index (κ2) is 7.61. The normalized spacial score (nSPS) is 12.3. The predicted octanol–water partition coefficient (Wildman–Crippen LogP) is 2.63. The molecule has 0 saturated heterocycles. The van der Waals surface area contributed by atoms with Crippen molar-refractivity contribution in [2.75, 3.05) is 0 Å². The van der Waals surface area contributed by atoms with Crippen LogP contribution in [0.2, 0.25) is 0 Å². The number of nitrogens with zero attached hydrogens (tertiary/aromatic N) is 2. The van der Waals surface area contributed by atoms with Gasteiger partial charge in [-0.1, -0.05) is 61.9 Å². The molecule has 0 radical (unpaired) electrons. The average Bonchev–Trinajstić information content (AvgIpc) is 3.00. The van der Waals surface area contributed by atoms with Crippen LogP contribution >= 0.6 is 0 Å². The fraction of sp³-hybridized carbons (Fsp3) is 0.286. The predicted molar refractivity (Wildman–Crippen MR) is 105 cm³/mol. The van der Waals surface area contributed by atoms with Crippen molar-refractivity contribution in [3.05, 3.63) is 65.4 Å². The maximum absolute atomic E-state index is 12.8. The van der Waals surface area contributed by atoms with Crippen molar-refractivity contribution in [2.45, 2.75) is 33.4 Å². The number of aromatic nitrogens is 2. The van der Waals surface area contributed by atoms with E-state index in [0.717, 1.165) is 16.5 Å². The minimum Gasteiger partial charge on any atom is -0.368 e. The Kier molecular flexibility index (Phi) is 5.26. The van der Waals surface area contributed by atoms with E-state index in [1.54, 1.807) is 0 Å². The Bertz CT molecular complexity index is 974. The molecular weight excluding hydrogens is 340 g/mol. The highest BCUT2D eigenvalue weighted by atomic mass is 16.2. The zero-order valence-corrected chi connectivity index (χ0v) is 15.8. The van der Waals surface area contributed by atoms with Gasteiger partial charge in [0.1, 0.15) is 6.04 Å². The van der Waals surface area contributed by atoms with E-state index in [0.29, 0.717) is 12.2 Å². The molecule has 140 valence electrons. The molecule has 2 amide bonds. The number of primary amides is 1. The standard InChI is InChI=1S/C21H24N4O2/c1-13(2)18(20(22)26)23-21(27)19-16-6-4-5-7-17(16)25(24-19)12-15-10-8-14(3)9-11-15/h4-11,13,18H,12H2,1-3H3,(H2,22,26)(H,23,27). The zero-order valence-electron chi connectivity index (χ0n) is 15.8. The molecule has 0 bridgehead atoms. The van der Waals surface area contributed by atoms with Crippen molar-refractivity contribution in [1.29, 1.82) is 0 Å². The first-order valence-corrected chi connectivity index (χ1v) is 8.98. The summed E-state index contributed by atoms with van der Waals surface area (Å²) in [5.41, 5.74) is 8.86. The van der Waals surface area contributed by atoms with Gasteiger partial charge in [-0.25, -0.2) is 0 Å². The second-order valence-corrected chi connectivity index (χ2v) is 7.11. The summed E-state index contributed by atoms with van der Waals surface area (Å²) in [6, 6.07) is 15.0. The number of carbonyl (C=O) groups excluding carboxylic acids is 2. The largest absolute Gasteiger partial charge is 0.368 e. The number of benzene rings is 2. The number of aryl methyl sites for hydroxylation is 1. The molecular formula is C21H24N4O2. The molecule has 27 heavy (non-hydrogen) atoms. The van der Waals surface area contributed by atoms with Crippen LogP contribution in [0, 0.1) is 12.8 Å². The summed E-state index contributed by atoms with van der Waals surface area (Å²) >= 11 is 0. The lowest BCUT2D eigenvalue weighted by molar-refractivity contribution is -0.120. The molecule has 3 rings (SSSR count). The summed E-state index contributed by atoms with van der Waals surface area (Å²) in [5.74, 6) is -1.06.